The zero-order valence-electron chi connectivity index (χ0n) is 18.1. The zero-order chi connectivity index (χ0) is 22.8. The highest BCUT2D eigenvalue weighted by Crippen LogP contribution is 2.37. The van der Waals surface area contributed by atoms with E-state index in [9.17, 15) is 9.59 Å². The van der Waals surface area contributed by atoms with Gasteiger partial charge in [0.25, 0.3) is 0 Å². The van der Waals surface area contributed by atoms with Crippen LogP contribution < -0.4 is 20.4 Å². The summed E-state index contributed by atoms with van der Waals surface area (Å²) in [5.74, 6) is 0.315. The highest BCUT2D eigenvalue weighted by molar-refractivity contribution is 5.87. The van der Waals surface area contributed by atoms with Gasteiger partial charge in [0.1, 0.15) is 5.82 Å². The van der Waals surface area contributed by atoms with Gasteiger partial charge >= 0.3 is 5.97 Å². The lowest BCUT2D eigenvalue weighted by Crippen LogP contribution is -2.40. The molecule has 1 fully saturated rings. The molecule has 31 heavy (non-hydrogen) atoms. The molecule has 0 aromatic carbocycles. The van der Waals surface area contributed by atoms with Gasteiger partial charge in [0.2, 0.25) is 6.41 Å². The molecule has 4 heterocycles. The van der Waals surface area contributed by atoms with Crippen LogP contribution in [0.15, 0.2) is 30.5 Å². The van der Waals surface area contributed by atoms with Crippen LogP contribution in [0.1, 0.15) is 30.8 Å². The molecule has 4 N–H and O–H groups in total. The highest BCUT2D eigenvalue weighted by atomic mass is 16.4. The Morgan fingerprint density at radius 2 is 2.10 bits per heavy atom. The molecule has 2 aliphatic rings. The van der Waals surface area contributed by atoms with Gasteiger partial charge in [-0.2, -0.15) is 0 Å². The van der Waals surface area contributed by atoms with Crippen molar-refractivity contribution in [3.63, 3.8) is 0 Å². The first-order valence-corrected chi connectivity index (χ1v) is 10.3. The number of nitrogens with zero attached hydrogens (tertiary/aromatic N) is 4. The molecule has 0 spiro atoms. The second-order valence-corrected chi connectivity index (χ2v) is 6.69. The maximum absolute atomic E-state index is 10.9. The van der Waals surface area contributed by atoms with Crippen molar-refractivity contribution < 1.29 is 19.8 Å². The van der Waals surface area contributed by atoms with Crippen molar-refractivity contribution in [2.24, 2.45) is 0 Å². The molecule has 2 bridgehead atoms. The Morgan fingerprint density at radius 3 is 2.77 bits per heavy atom. The molecular formula is C21H30N6O4. The number of hydrogen-bond acceptors (Lipinski definition) is 8. The molecule has 1 unspecified atom stereocenters. The van der Waals surface area contributed by atoms with E-state index in [0.29, 0.717) is 24.8 Å². The Labute approximate surface area is 181 Å². The molecule has 1 saturated heterocycles. The van der Waals surface area contributed by atoms with E-state index >= 15 is 0 Å². The first-order chi connectivity index (χ1) is 15.0. The van der Waals surface area contributed by atoms with Crippen LogP contribution in [-0.4, -0.2) is 71.9 Å². The normalized spacial score (nSPS) is 15.5. The van der Waals surface area contributed by atoms with Gasteiger partial charge < -0.3 is 30.6 Å². The Bertz CT molecular complexity index is 879. The predicted octanol–water partition coefficient (Wildman–Crippen LogP) is 1.89. The topological polar surface area (TPSA) is 131 Å². The van der Waals surface area contributed by atoms with Crippen LogP contribution in [0, 0.1) is 0 Å². The monoisotopic (exact) mass is 430 g/mol. The van der Waals surface area contributed by atoms with Gasteiger partial charge in [-0.3, -0.25) is 4.79 Å². The molecule has 168 valence electrons. The van der Waals surface area contributed by atoms with E-state index in [1.54, 1.807) is 24.4 Å². The van der Waals surface area contributed by atoms with Crippen molar-refractivity contribution in [3.8, 4) is 0 Å². The van der Waals surface area contributed by atoms with Gasteiger partial charge in [0, 0.05) is 50.7 Å². The number of fused-ring (bicyclic) bond motifs is 4. The van der Waals surface area contributed by atoms with E-state index in [0.717, 1.165) is 36.7 Å². The van der Waals surface area contributed by atoms with E-state index in [4.69, 9.17) is 10.2 Å². The third-order valence-corrected chi connectivity index (χ3v) is 4.87. The van der Waals surface area contributed by atoms with Crippen molar-refractivity contribution >= 4 is 35.4 Å². The molecule has 0 aliphatic carbocycles. The number of aliphatic hydroxyl groups excluding tert-OH is 1. The fourth-order valence-corrected chi connectivity index (χ4v) is 3.40. The van der Waals surface area contributed by atoms with Gasteiger partial charge in [0.15, 0.2) is 11.5 Å². The molecule has 0 radical (unpaired) electrons. The van der Waals surface area contributed by atoms with Gasteiger partial charge in [-0.05, 0) is 24.6 Å². The molecule has 1 amide bonds. The first-order valence-electron chi connectivity index (χ1n) is 10.3. The van der Waals surface area contributed by atoms with Gasteiger partial charge in [0.05, 0.1) is 12.3 Å². The van der Waals surface area contributed by atoms with Gasteiger partial charge in [-0.15, -0.1) is 0 Å². The summed E-state index contributed by atoms with van der Waals surface area (Å²) in [6, 6.07) is 7.36. The average molecular weight is 431 g/mol. The molecule has 2 aromatic rings. The third-order valence-electron chi connectivity index (χ3n) is 4.87. The minimum Gasteiger partial charge on any atom is -0.477 e. The number of aromatic nitrogens is 2. The van der Waals surface area contributed by atoms with E-state index in [2.05, 4.69) is 30.4 Å². The van der Waals surface area contributed by atoms with E-state index < -0.39 is 5.97 Å². The maximum atomic E-state index is 10.9. The van der Waals surface area contributed by atoms with Gasteiger partial charge in [-0.25, -0.2) is 14.8 Å². The van der Waals surface area contributed by atoms with Crippen LogP contribution in [-0.2, 0) is 4.79 Å². The van der Waals surface area contributed by atoms with Crippen LogP contribution in [0.3, 0.4) is 0 Å². The molecule has 4 rings (SSSR count). The molecule has 0 saturated carbocycles. The van der Waals surface area contributed by atoms with E-state index in [1.165, 1.54) is 0 Å². The minimum atomic E-state index is -0.968. The van der Waals surface area contributed by atoms with Crippen molar-refractivity contribution in [2.45, 2.75) is 26.3 Å². The smallest absolute Gasteiger partial charge is 0.354 e. The number of likely N-dealkylation sites (N-methyl/N-ethyl adjacent to an activating group) is 1. The second kappa shape index (κ2) is 11.7. The van der Waals surface area contributed by atoms with Crippen molar-refractivity contribution in [3.05, 3.63) is 36.2 Å². The minimum absolute atomic E-state index is 0.0682. The second-order valence-electron chi connectivity index (χ2n) is 6.69. The van der Waals surface area contributed by atoms with Crippen molar-refractivity contribution in [1.82, 2.24) is 9.97 Å². The maximum Gasteiger partial charge on any atom is 0.354 e. The summed E-state index contributed by atoms with van der Waals surface area (Å²) >= 11 is 0. The zero-order valence-corrected chi connectivity index (χ0v) is 18.1. The SMILES string of the molecule is CC.CN1c2nc(C(=O)O)ccc2N2CCC1C2.O=CNc1cc(NCCO)ccn1. The first kappa shape index (κ1) is 23.9. The number of carbonyl (C=O) groups is 2. The summed E-state index contributed by atoms with van der Waals surface area (Å²) in [7, 11) is 1.99. The standard InChI is InChI=1S/C11H13N3O2.C8H11N3O2.C2H6/c1-13-7-4-5-14(6-7)9-3-2-8(11(15)16)12-10(9)13;12-4-3-9-7-1-2-10-8(5-7)11-6-13;1-2/h2-3,7H,4-6H2,1H3,(H,15,16);1-2,5-6,12H,3-4H2,(H2,9,10,11,13);1-2H3. The Hall–Kier alpha value is -3.40. The lowest BCUT2D eigenvalue weighted by molar-refractivity contribution is -0.105. The number of carboxylic acid groups (broad SMARTS) is 1. The summed E-state index contributed by atoms with van der Waals surface area (Å²) in [5, 5.41) is 22.9. The van der Waals surface area contributed by atoms with Gasteiger partial charge in [-0.1, -0.05) is 13.8 Å². The third kappa shape index (κ3) is 6.05. The molecule has 2 aromatic heterocycles. The Kier molecular flexibility index (Phi) is 9.01. The number of hydrogen-bond donors (Lipinski definition) is 4. The van der Waals surface area contributed by atoms with E-state index in [1.807, 2.05) is 27.0 Å². The Balaban J connectivity index is 0.000000209. The summed E-state index contributed by atoms with van der Waals surface area (Å²) in [6.45, 7) is 6.61. The van der Waals surface area contributed by atoms with Crippen LogP contribution in [0.5, 0.6) is 0 Å². The fraction of sp³-hybridized carbons (Fsp3) is 0.429. The van der Waals surface area contributed by atoms with Crippen LogP contribution >= 0.6 is 0 Å². The molecule has 1 atom stereocenters. The lowest BCUT2D eigenvalue weighted by Gasteiger charge is -2.34. The number of pyridine rings is 2. The number of nitrogens with one attached hydrogen (secondary N) is 2. The number of anilines is 4. The molecule has 10 nitrogen and oxygen atoms in total. The number of rotatable bonds is 6. The predicted molar refractivity (Wildman–Crippen MR) is 121 cm³/mol. The average Bonchev–Trinajstić information content (AvgIpc) is 3.24. The van der Waals surface area contributed by atoms with Crippen molar-refractivity contribution in [2.75, 3.05) is 53.7 Å². The quantitative estimate of drug-likeness (QED) is 0.507. The number of amides is 1. The van der Waals surface area contributed by atoms with Crippen LogP contribution in [0.25, 0.3) is 0 Å². The summed E-state index contributed by atoms with van der Waals surface area (Å²) < 4.78 is 0. The van der Waals surface area contributed by atoms with Crippen molar-refractivity contribution in [1.29, 1.82) is 0 Å². The number of carboxylic acids is 1. The number of carbonyl (C=O) groups excluding carboxylic acids is 1. The molecule has 2 aliphatic heterocycles. The fourth-order valence-electron chi connectivity index (χ4n) is 3.40. The number of aromatic carboxylic acids is 1. The highest BCUT2D eigenvalue weighted by Gasteiger charge is 2.35. The molecular weight excluding hydrogens is 400 g/mol. The lowest BCUT2D eigenvalue weighted by atomic mass is 10.2. The summed E-state index contributed by atoms with van der Waals surface area (Å²) in [4.78, 5) is 33.5. The van der Waals surface area contributed by atoms with E-state index in [-0.39, 0.29) is 12.3 Å². The Morgan fingerprint density at radius 1 is 1.32 bits per heavy atom. The van der Waals surface area contributed by atoms with Crippen LogP contribution in [0.2, 0.25) is 0 Å². The van der Waals surface area contributed by atoms with Crippen LogP contribution in [0.4, 0.5) is 23.0 Å². The summed E-state index contributed by atoms with van der Waals surface area (Å²) in [6.07, 6.45) is 3.26. The largest absolute Gasteiger partial charge is 0.477 e. The summed E-state index contributed by atoms with van der Waals surface area (Å²) in [5.41, 5.74) is 1.99. The number of aliphatic hydroxyl groups is 1. The molecule has 10 heteroatoms.